The highest BCUT2D eigenvalue weighted by Crippen LogP contribution is 2.19. The Morgan fingerprint density at radius 2 is 2.22 bits per heavy atom. The maximum Gasteiger partial charge on any atom is 0.347 e. The number of hydrogen-bond donors (Lipinski definition) is 0. The predicted octanol–water partition coefficient (Wildman–Crippen LogP) is 1.34. The van der Waals surface area contributed by atoms with E-state index in [0.717, 1.165) is 18.2 Å². The number of halogens is 1. The van der Waals surface area contributed by atoms with E-state index in [1.54, 1.807) is 0 Å². The van der Waals surface area contributed by atoms with Crippen LogP contribution in [0.1, 0.15) is 5.56 Å². The summed E-state index contributed by atoms with van der Waals surface area (Å²) >= 11 is 0. The van der Waals surface area contributed by atoms with Gasteiger partial charge in [0, 0.05) is 18.5 Å². The first-order valence-electron chi connectivity index (χ1n) is 5.02. The molecule has 7 heteroatoms. The Morgan fingerprint density at radius 3 is 2.89 bits per heavy atom. The normalized spacial score (nSPS) is 10.3. The van der Waals surface area contributed by atoms with Crippen LogP contribution in [-0.2, 0) is 6.54 Å². The SMILES string of the molecule is O=c1ncccn1Cc1cc(F)ccc1[N+](=O)[O-]. The van der Waals surface area contributed by atoms with Crippen molar-refractivity contribution in [2.24, 2.45) is 0 Å². The molecule has 0 bridgehead atoms. The predicted molar refractivity (Wildman–Crippen MR) is 60.7 cm³/mol. The molecule has 0 aliphatic rings. The molecule has 0 radical (unpaired) electrons. The fourth-order valence-corrected chi connectivity index (χ4v) is 1.55. The molecule has 1 aromatic carbocycles. The third-order valence-electron chi connectivity index (χ3n) is 2.36. The van der Waals surface area contributed by atoms with Gasteiger partial charge in [-0.25, -0.2) is 14.2 Å². The Bertz CT molecular complexity index is 654. The van der Waals surface area contributed by atoms with Crippen LogP contribution < -0.4 is 5.69 Å². The van der Waals surface area contributed by atoms with Crippen LogP contribution in [0, 0.1) is 15.9 Å². The van der Waals surface area contributed by atoms with Crippen LogP contribution in [0.5, 0.6) is 0 Å². The molecule has 0 atom stereocenters. The zero-order chi connectivity index (χ0) is 13.1. The van der Waals surface area contributed by atoms with Crippen LogP contribution in [0.15, 0.2) is 41.5 Å². The summed E-state index contributed by atoms with van der Waals surface area (Å²) in [6.45, 7) is -0.0965. The van der Waals surface area contributed by atoms with Gasteiger partial charge >= 0.3 is 5.69 Å². The lowest BCUT2D eigenvalue weighted by Crippen LogP contribution is -2.22. The molecule has 6 nitrogen and oxygen atoms in total. The molecule has 0 fully saturated rings. The van der Waals surface area contributed by atoms with Gasteiger partial charge in [0.2, 0.25) is 0 Å². The summed E-state index contributed by atoms with van der Waals surface area (Å²) in [6.07, 6.45) is 2.75. The topological polar surface area (TPSA) is 78.0 Å². The standard InChI is InChI=1S/C11H8FN3O3/c12-9-2-3-10(15(17)18)8(6-9)7-14-5-1-4-13-11(14)16/h1-6H,7H2. The van der Waals surface area contributed by atoms with Gasteiger partial charge in [-0.2, -0.15) is 0 Å². The molecule has 0 spiro atoms. The largest absolute Gasteiger partial charge is 0.347 e. The zero-order valence-corrected chi connectivity index (χ0v) is 9.12. The highest BCUT2D eigenvalue weighted by Gasteiger charge is 2.15. The highest BCUT2D eigenvalue weighted by molar-refractivity contribution is 5.40. The van der Waals surface area contributed by atoms with Gasteiger partial charge in [-0.3, -0.25) is 14.7 Å². The van der Waals surface area contributed by atoms with E-state index >= 15 is 0 Å². The smallest absolute Gasteiger partial charge is 0.294 e. The van der Waals surface area contributed by atoms with Gasteiger partial charge in [0.25, 0.3) is 5.69 Å². The van der Waals surface area contributed by atoms with Crippen molar-refractivity contribution in [1.82, 2.24) is 9.55 Å². The zero-order valence-electron chi connectivity index (χ0n) is 9.12. The fraction of sp³-hybridized carbons (Fsp3) is 0.0909. The first-order chi connectivity index (χ1) is 8.58. The van der Waals surface area contributed by atoms with Crippen LogP contribution in [0.2, 0.25) is 0 Å². The summed E-state index contributed by atoms with van der Waals surface area (Å²) in [5.74, 6) is -0.590. The minimum atomic E-state index is -0.615. The summed E-state index contributed by atoms with van der Waals surface area (Å²) in [7, 11) is 0. The van der Waals surface area contributed by atoms with Crippen LogP contribution in [-0.4, -0.2) is 14.5 Å². The second kappa shape index (κ2) is 4.74. The van der Waals surface area contributed by atoms with E-state index in [9.17, 15) is 19.3 Å². The minimum Gasteiger partial charge on any atom is -0.294 e. The van der Waals surface area contributed by atoms with Crippen LogP contribution in [0.25, 0.3) is 0 Å². The molecule has 18 heavy (non-hydrogen) atoms. The Kier molecular flexibility index (Phi) is 3.13. The maximum absolute atomic E-state index is 13.1. The number of rotatable bonds is 3. The van der Waals surface area contributed by atoms with Crippen molar-refractivity contribution < 1.29 is 9.31 Å². The van der Waals surface area contributed by atoms with Gasteiger partial charge < -0.3 is 0 Å². The van der Waals surface area contributed by atoms with Crippen molar-refractivity contribution in [3.8, 4) is 0 Å². The quantitative estimate of drug-likeness (QED) is 0.607. The van der Waals surface area contributed by atoms with Gasteiger partial charge in [0.05, 0.1) is 17.0 Å². The van der Waals surface area contributed by atoms with E-state index in [1.165, 1.54) is 23.0 Å². The summed E-state index contributed by atoms with van der Waals surface area (Å²) < 4.78 is 14.3. The van der Waals surface area contributed by atoms with E-state index in [0.29, 0.717) is 0 Å². The first kappa shape index (κ1) is 11.9. The van der Waals surface area contributed by atoms with Crippen molar-refractivity contribution in [3.63, 3.8) is 0 Å². The number of nitro groups is 1. The highest BCUT2D eigenvalue weighted by atomic mass is 19.1. The second-order valence-corrected chi connectivity index (χ2v) is 3.56. The molecule has 0 saturated carbocycles. The van der Waals surface area contributed by atoms with Gasteiger partial charge in [-0.1, -0.05) is 0 Å². The molecule has 0 aliphatic carbocycles. The van der Waals surface area contributed by atoms with Gasteiger partial charge in [-0.15, -0.1) is 0 Å². The average Bonchev–Trinajstić information content (AvgIpc) is 2.32. The lowest BCUT2D eigenvalue weighted by atomic mass is 10.1. The lowest BCUT2D eigenvalue weighted by molar-refractivity contribution is -0.385. The molecule has 2 rings (SSSR count). The van der Waals surface area contributed by atoms with Gasteiger partial charge in [-0.05, 0) is 18.2 Å². The summed E-state index contributed by atoms with van der Waals surface area (Å²) in [6, 6.07) is 4.64. The van der Waals surface area contributed by atoms with E-state index in [4.69, 9.17) is 0 Å². The van der Waals surface area contributed by atoms with E-state index in [-0.39, 0.29) is 17.8 Å². The number of nitro benzene ring substituents is 1. The monoisotopic (exact) mass is 249 g/mol. The van der Waals surface area contributed by atoms with Crippen LogP contribution >= 0.6 is 0 Å². The number of benzene rings is 1. The Balaban J connectivity index is 2.46. The molecule has 2 aromatic rings. The molecule has 1 heterocycles. The third kappa shape index (κ3) is 2.40. The summed E-state index contributed by atoms with van der Waals surface area (Å²) in [4.78, 5) is 25.1. The molecule has 0 saturated heterocycles. The number of hydrogen-bond acceptors (Lipinski definition) is 4. The van der Waals surface area contributed by atoms with Crippen LogP contribution in [0.3, 0.4) is 0 Å². The maximum atomic E-state index is 13.1. The Morgan fingerprint density at radius 1 is 1.44 bits per heavy atom. The van der Waals surface area contributed by atoms with Crippen LogP contribution in [0.4, 0.5) is 10.1 Å². The Hall–Kier alpha value is -2.57. The molecule has 1 aromatic heterocycles. The number of aromatic nitrogens is 2. The molecular formula is C11H8FN3O3. The summed E-state index contributed by atoms with van der Waals surface area (Å²) in [5.41, 5.74) is -0.654. The van der Waals surface area contributed by atoms with Crippen molar-refractivity contribution >= 4 is 5.69 Å². The van der Waals surface area contributed by atoms with E-state index in [2.05, 4.69) is 4.98 Å². The van der Waals surface area contributed by atoms with Crippen molar-refractivity contribution in [2.45, 2.75) is 6.54 Å². The summed E-state index contributed by atoms with van der Waals surface area (Å²) in [5, 5.41) is 10.8. The van der Waals surface area contributed by atoms with Crippen molar-refractivity contribution in [2.75, 3.05) is 0 Å². The fourth-order valence-electron chi connectivity index (χ4n) is 1.55. The molecule has 0 unspecified atom stereocenters. The van der Waals surface area contributed by atoms with Gasteiger partial charge in [0.15, 0.2) is 0 Å². The van der Waals surface area contributed by atoms with Gasteiger partial charge in [0.1, 0.15) is 5.82 Å². The minimum absolute atomic E-state index is 0.0965. The number of nitrogens with zero attached hydrogens (tertiary/aromatic N) is 3. The first-order valence-corrected chi connectivity index (χ1v) is 5.02. The molecule has 0 N–H and O–H groups in total. The van der Waals surface area contributed by atoms with E-state index in [1.807, 2.05) is 0 Å². The van der Waals surface area contributed by atoms with E-state index < -0.39 is 16.4 Å². The molecule has 0 aliphatic heterocycles. The lowest BCUT2D eigenvalue weighted by Gasteiger charge is -2.05. The van der Waals surface area contributed by atoms with Crippen molar-refractivity contribution in [3.05, 3.63) is 68.6 Å². The Labute approximate surface area is 100 Å². The third-order valence-corrected chi connectivity index (χ3v) is 2.36. The van der Waals surface area contributed by atoms with Crippen molar-refractivity contribution in [1.29, 1.82) is 0 Å². The molecule has 0 amide bonds. The molecule has 92 valence electrons. The molecular weight excluding hydrogens is 241 g/mol. The second-order valence-electron chi connectivity index (χ2n) is 3.56. The average molecular weight is 249 g/mol.